The largest absolute Gasteiger partial charge is 0.392 e. The van der Waals surface area contributed by atoms with Crippen LogP contribution in [0.2, 0.25) is 0 Å². The number of rotatable bonds is 5. The molecule has 3 heteroatoms. The van der Waals surface area contributed by atoms with Gasteiger partial charge in [0.05, 0.1) is 6.61 Å². The van der Waals surface area contributed by atoms with E-state index in [9.17, 15) is 5.11 Å². The monoisotopic (exact) mass is 248 g/mol. The fraction of sp³-hybridized carbons (Fsp3) is 0.667. The van der Waals surface area contributed by atoms with E-state index in [1.165, 1.54) is 12.8 Å². The Kier molecular flexibility index (Phi) is 4.59. The summed E-state index contributed by atoms with van der Waals surface area (Å²) in [6.07, 6.45) is 4.60. The molecule has 100 valence electrons. The Hall–Kier alpha value is -1.09. The lowest BCUT2D eigenvalue weighted by molar-refractivity contribution is 0.281. The van der Waals surface area contributed by atoms with Gasteiger partial charge in [0, 0.05) is 18.8 Å². The summed E-state index contributed by atoms with van der Waals surface area (Å²) in [4.78, 5) is 7.10. The van der Waals surface area contributed by atoms with E-state index in [2.05, 4.69) is 18.7 Å². The molecule has 0 amide bonds. The first-order valence-corrected chi connectivity index (χ1v) is 7.12. The van der Waals surface area contributed by atoms with Gasteiger partial charge in [-0.1, -0.05) is 26.7 Å². The predicted octanol–water partition coefficient (Wildman–Crippen LogP) is 2.76. The van der Waals surface area contributed by atoms with E-state index in [1.54, 1.807) is 0 Å². The summed E-state index contributed by atoms with van der Waals surface area (Å²) in [6, 6.07) is 4.07. The van der Waals surface area contributed by atoms with E-state index < -0.39 is 0 Å². The molecule has 3 nitrogen and oxygen atoms in total. The lowest BCUT2D eigenvalue weighted by atomic mass is 10.1. The Balaban J connectivity index is 2.18. The normalized spacial score (nSPS) is 19.5. The van der Waals surface area contributed by atoms with Crippen LogP contribution in [0.25, 0.3) is 0 Å². The highest BCUT2D eigenvalue weighted by Crippen LogP contribution is 2.25. The van der Waals surface area contributed by atoms with Crippen LogP contribution in [0.4, 0.5) is 5.82 Å². The lowest BCUT2D eigenvalue weighted by Gasteiger charge is -2.19. The fourth-order valence-corrected chi connectivity index (χ4v) is 2.64. The smallest absolute Gasteiger partial charge is 0.129 e. The Morgan fingerprint density at radius 1 is 1.39 bits per heavy atom. The second-order valence-electron chi connectivity index (χ2n) is 5.24. The topological polar surface area (TPSA) is 36.4 Å². The second-order valence-corrected chi connectivity index (χ2v) is 5.24. The zero-order valence-corrected chi connectivity index (χ0v) is 11.5. The molecule has 0 spiro atoms. The fourth-order valence-electron chi connectivity index (χ4n) is 2.64. The van der Waals surface area contributed by atoms with Crippen molar-refractivity contribution in [3.8, 4) is 0 Å². The quantitative estimate of drug-likeness (QED) is 0.870. The van der Waals surface area contributed by atoms with Crippen molar-refractivity contribution in [2.75, 3.05) is 18.0 Å². The van der Waals surface area contributed by atoms with E-state index >= 15 is 0 Å². The minimum absolute atomic E-state index is 0.108. The molecule has 0 aromatic carbocycles. The third-order valence-electron chi connectivity index (χ3n) is 3.80. The molecule has 1 aromatic heterocycles. The van der Waals surface area contributed by atoms with Crippen LogP contribution >= 0.6 is 0 Å². The number of aryl methyl sites for hydroxylation is 1. The Bertz CT molecular complexity index is 392. The molecule has 18 heavy (non-hydrogen) atoms. The Morgan fingerprint density at radius 2 is 2.22 bits per heavy atom. The number of pyridine rings is 1. The van der Waals surface area contributed by atoms with Crippen LogP contribution in [0.1, 0.15) is 44.4 Å². The van der Waals surface area contributed by atoms with Gasteiger partial charge in [0.2, 0.25) is 0 Å². The molecule has 0 radical (unpaired) electrons. The molecule has 2 heterocycles. The molecule has 0 aliphatic carbocycles. The molecule has 1 aliphatic rings. The van der Waals surface area contributed by atoms with Crippen LogP contribution in [-0.2, 0) is 13.0 Å². The van der Waals surface area contributed by atoms with E-state index in [-0.39, 0.29) is 6.61 Å². The second kappa shape index (κ2) is 6.19. The van der Waals surface area contributed by atoms with Gasteiger partial charge in [-0.25, -0.2) is 4.98 Å². The minimum Gasteiger partial charge on any atom is -0.392 e. The zero-order chi connectivity index (χ0) is 13.0. The van der Waals surface area contributed by atoms with Crippen molar-refractivity contribution in [1.29, 1.82) is 0 Å². The molecule has 1 fully saturated rings. The Labute approximate surface area is 110 Å². The van der Waals surface area contributed by atoms with Crippen LogP contribution in [0.15, 0.2) is 12.1 Å². The van der Waals surface area contributed by atoms with Crippen molar-refractivity contribution in [3.05, 3.63) is 23.4 Å². The number of hydrogen-bond donors (Lipinski definition) is 1. The first-order valence-electron chi connectivity index (χ1n) is 7.12. The van der Waals surface area contributed by atoms with Gasteiger partial charge in [-0.2, -0.15) is 0 Å². The average molecular weight is 248 g/mol. The number of aliphatic hydroxyl groups is 1. The van der Waals surface area contributed by atoms with E-state index in [0.717, 1.165) is 48.9 Å². The molecule has 0 saturated carbocycles. The first kappa shape index (κ1) is 13.3. The minimum atomic E-state index is 0.108. The third kappa shape index (κ3) is 3.02. The van der Waals surface area contributed by atoms with Crippen LogP contribution in [0.5, 0.6) is 0 Å². The molecule has 1 N–H and O–H groups in total. The van der Waals surface area contributed by atoms with Gasteiger partial charge >= 0.3 is 0 Å². The van der Waals surface area contributed by atoms with Crippen molar-refractivity contribution in [2.24, 2.45) is 5.92 Å². The van der Waals surface area contributed by atoms with Crippen LogP contribution in [0.3, 0.4) is 0 Å². The molecule has 0 bridgehead atoms. The third-order valence-corrected chi connectivity index (χ3v) is 3.80. The van der Waals surface area contributed by atoms with Crippen molar-refractivity contribution in [3.63, 3.8) is 0 Å². The molecule has 1 aliphatic heterocycles. The van der Waals surface area contributed by atoms with Crippen molar-refractivity contribution in [2.45, 2.75) is 46.1 Å². The standard InChI is InChI=1S/C15H24N2O/c1-3-5-14-8-13(11-18)9-15(16-14)17-7-6-12(4-2)10-17/h8-9,12,18H,3-7,10-11H2,1-2H3. The summed E-state index contributed by atoms with van der Waals surface area (Å²) in [6.45, 7) is 6.75. The summed E-state index contributed by atoms with van der Waals surface area (Å²) < 4.78 is 0. The van der Waals surface area contributed by atoms with Crippen LogP contribution in [0, 0.1) is 5.92 Å². The van der Waals surface area contributed by atoms with Gasteiger partial charge in [0.25, 0.3) is 0 Å². The predicted molar refractivity (Wildman–Crippen MR) is 74.8 cm³/mol. The maximum absolute atomic E-state index is 9.35. The molecule has 1 saturated heterocycles. The summed E-state index contributed by atoms with van der Waals surface area (Å²) in [5, 5.41) is 9.35. The van der Waals surface area contributed by atoms with E-state index in [0.29, 0.717) is 0 Å². The maximum atomic E-state index is 9.35. The van der Waals surface area contributed by atoms with Gasteiger partial charge in [0.1, 0.15) is 5.82 Å². The van der Waals surface area contributed by atoms with Crippen LogP contribution < -0.4 is 4.90 Å². The van der Waals surface area contributed by atoms with Gasteiger partial charge in [-0.3, -0.25) is 0 Å². The lowest BCUT2D eigenvalue weighted by Crippen LogP contribution is -2.21. The van der Waals surface area contributed by atoms with Crippen molar-refractivity contribution < 1.29 is 5.11 Å². The maximum Gasteiger partial charge on any atom is 0.129 e. The van der Waals surface area contributed by atoms with E-state index in [1.807, 2.05) is 12.1 Å². The zero-order valence-electron chi connectivity index (χ0n) is 11.5. The number of aliphatic hydroxyl groups excluding tert-OH is 1. The number of aromatic nitrogens is 1. The molecular formula is C15H24N2O. The molecule has 1 atom stereocenters. The summed E-state index contributed by atoms with van der Waals surface area (Å²) in [7, 11) is 0. The van der Waals surface area contributed by atoms with Gasteiger partial charge < -0.3 is 10.0 Å². The molecule has 1 aromatic rings. The number of anilines is 1. The molecule has 1 unspecified atom stereocenters. The SMILES string of the molecule is CCCc1cc(CO)cc(N2CCC(CC)C2)n1. The highest BCUT2D eigenvalue weighted by atomic mass is 16.3. The Morgan fingerprint density at radius 3 is 2.83 bits per heavy atom. The van der Waals surface area contributed by atoms with Gasteiger partial charge in [-0.15, -0.1) is 0 Å². The summed E-state index contributed by atoms with van der Waals surface area (Å²) in [5.74, 6) is 1.86. The van der Waals surface area contributed by atoms with E-state index in [4.69, 9.17) is 4.98 Å². The highest BCUT2D eigenvalue weighted by Gasteiger charge is 2.22. The van der Waals surface area contributed by atoms with Gasteiger partial charge in [0.15, 0.2) is 0 Å². The highest BCUT2D eigenvalue weighted by molar-refractivity contribution is 5.43. The van der Waals surface area contributed by atoms with Crippen LogP contribution in [-0.4, -0.2) is 23.2 Å². The number of hydrogen-bond acceptors (Lipinski definition) is 3. The molecule has 2 rings (SSSR count). The van der Waals surface area contributed by atoms with Crippen molar-refractivity contribution >= 4 is 5.82 Å². The summed E-state index contributed by atoms with van der Waals surface area (Å²) in [5.41, 5.74) is 2.10. The average Bonchev–Trinajstić information content (AvgIpc) is 2.87. The van der Waals surface area contributed by atoms with Crippen molar-refractivity contribution in [1.82, 2.24) is 4.98 Å². The van der Waals surface area contributed by atoms with Gasteiger partial charge in [-0.05, 0) is 36.5 Å². The molecular weight excluding hydrogens is 224 g/mol. The first-order chi connectivity index (χ1) is 8.76. The summed E-state index contributed by atoms with van der Waals surface area (Å²) >= 11 is 0. The number of nitrogens with zero attached hydrogens (tertiary/aromatic N) is 2.